The van der Waals surface area contributed by atoms with Gasteiger partial charge in [0.1, 0.15) is 11.5 Å². The molecule has 0 amide bonds. The Balaban J connectivity index is 2.33. The summed E-state index contributed by atoms with van der Waals surface area (Å²) in [7, 11) is 0. The Bertz CT molecular complexity index is 529. The fourth-order valence-corrected chi connectivity index (χ4v) is 2.32. The number of aliphatic hydroxyl groups is 1. The summed E-state index contributed by atoms with van der Waals surface area (Å²) in [6, 6.07) is 13.4. The summed E-state index contributed by atoms with van der Waals surface area (Å²) in [5.74, 6) is 1.48. The highest BCUT2D eigenvalue weighted by Crippen LogP contribution is 2.30. The lowest BCUT2D eigenvalue weighted by Gasteiger charge is -2.11. The number of aliphatic hydroxyl groups excluding tert-OH is 1. The van der Waals surface area contributed by atoms with E-state index in [1.807, 2.05) is 42.5 Å². The smallest absolute Gasteiger partial charge is 0.140 e. The average molecular weight is 405 g/mol. The third-order valence-electron chi connectivity index (χ3n) is 2.25. The largest absolute Gasteiger partial charge is 0.456 e. The monoisotopic (exact) mass is 404 g/mol. The van der Waals surface area contributed by atoms with E-state index in [9.17, 15) is 5.11 Å². The Morgan fingerprint density at radius 2 is 1.88 bits per heavy atom. The zero-order valence-electron chi connectivity index (χ0n) is 8.86. The standard InChI is InChI=1S/C13H10BrIO2/c14-10-5-6-12(9(7-10)8-16)17-13-4-2-1-3-11(13)15/h1-7,16H,8H2. The van der Waals surface area contributed by atoms with E-state index >= 15 is 0 Å². The van der Waals surface area contributed by atoms with Gasteiger partial charge in [-0.3, -0.25) is 0 Å². The quantitative estimate of drug-likeness (QED) is 0.771. The molecule has 2 rings (SSSR count). The van der Waals surface area contributed by atoms with Crippen LogP contribution in [0.4, 0.5) is 0 Å². The maximum atomic E-state index is 9.29. The minimum atomic E-state index is -0.0435. The summed E-state index contributed by atoms with van der Waals surface area (Å²) >= 11 is 5.59. The van der Waals surface area contributed by atoms with Crippen LogP contribution in [0.3, 0.4) is 0 Å². The molecule has 0 aromatic heterocycles. The van der Waals surface area contributed by atoms with Gasteiger partial charge in [-0.2, -0.15) is 0 Å². The molecule has 0 bridgehead atoms. The van der Waals surface area contributed by atoms with Gasteiger partial charge in [0.05, 0.1) is 10.2 Å². The molecule has 1 N–H and O–H groups in total. The average Bonchev–Trinajstić information content (AvgIpc) is 2.34. The normalized spacial score (nSPS) is 10.3. The SMILES string of the molecule is OCc1cc(Br)ccc1Oc1ccccc1I. The van der Waals surface area contributed by atoms with Crippen molar-refractivity contribution in [3.8, 4) is 11.5 Å². The molecule has 0 unspecified atom stereocenters. The van der Waals surface area contributed by atoms with Gasteiger partial charge in [0.25, 0.3) is 0 Å². The van der Waals surface area contributed by atoms with Crippen molar-refractivity contribution in [2.75, 3.05) is 0 Å². The number of benzene rings is 2. The van der Waals surface area contributed by atoms with Gasteiger partial charge in [-0.15, -0.1) is 0 Å². The van der Waals surface area contributed by atoms with Crippen LogP contribution < -0.4 is 4.74 Å². The Morgan fingerprint density at radius 3 is 2.59 bits per heavy atom. The molecule has 17 heavy (non-hydrogen) atoms. The van der Waals surface area contributed by atoms with Crippen LogP contribution in [0.5, 0.6) is 11.5 Å². The van der Waals surface area contributed by atoms with Gasteiger partial charge in [0.15, 0.2) is 0 Å². The van der Waals surface area contributed by atoms with Gasteiger partial charge >= 0.3 is 0 Å². The van der Waals surface area contributed by atoms with E-state index in [0.29, 0.717) is 5.75 Å². The molecular weight excluding hydrogens is 395 g/mol. The van der Waals surface area contributed by atoms with E-state index < -0.39 is 0 Å². The van der Waals surface area contributed by atoms with Crippen molar-refractivity contribution in [2.24, 2.45) is 0 Å². The lowest BCUT2D eigenvalue weighted by molar-refractivity contribution is 0.276. The highest BCUT2D eigenvalue weighted by molar-refractivity contribution is 14.1. The first-order chi connectivity index (χ1) is 8.20. The molecule has 4 heteroatoms. The lowest BCUT2D eigenvalue weighted by atomic mass is 10.2. The van der Waals surface area contributed by atoms with Gasteiger partial charge in [-0.25, -0.2) is 0 Å². The van der Waals surface area contributed by atoms with Crippen LogP contribution in [0, 0.1) is 3.57 Å². The van der Waals surface area contributed by atoms with Crippen molar-refractivity contribution in [3.63, 3.8) is 0 Å². The first-order valence-electron chi connectivity index (χ1n) is 5.02. The summed E-state index contributed by atoms with van der Waals surface area (Å²) < 4.78 is 7.76. The summed E-state index contributed by atoms with van der Waals surface area (Å²) in [4.78, 5) is 0. The zero-order chi connectivity index (χ0) is 12.3. The third-order valence-corrected chi connectivity index (χ3v) is 3.63. The fraction of sp³-hybridized carbons (Fsp3) is 0.0769. The Kier molecular flexibility index (Phi) is 4.42. The van der Waals surface area contributed by atoms with Crippen molar-refractivity contribution in [1.82, 2.24) is 0 Å². The van der Waals surface area contributed by atoms with Crippen LogP contribution in [0.2, 0.25) is 0 Å². The molecule has 0 spiro atoms. The van der Waals surface area contributed by atoms with Gasteiger partial charge in [0.2, 0.25) is 0 Å². The minimum absolute atomic E-state index is 0.0435. The maximum Gasteiger partial charge on any atom is 0.140 e. The molecule has 2 nitrogen and oxygen atoms in total. The zero-order valence-corrected chi connectivity index (χ0v) is 12.6. The summed E-state index contributed by atoms with van der Waals surface area (Å²) in [5, 5.41) is 9.29. The van der Waals surface area contributed by atoms with Crippen molar-refractivity contribution >= 4 is 38.5 Å². The van der Waals surface area contributed by atoms with Gasteiger partial charge in [-0.05, 0) is 52.9 Å². The molecule has 0 aliphatic rings. The first kappa shape index (κ1) is 12.9. The number of para-hydroxylation sites is 1. The number of ether oxygens (including phenoxy) is 1. The fourth-order valence-electron chi connectivity index (χ4n) is 1.42. The molecule has 88 valence electrons. The van der Waals surface area contributed by atoms with Crippen LogP contribution in [0.1, 0.15) is 5.56 Å². The second kappa shape index (κ2) is 5.84. The van der Waals surface area contributed by atoms with Crippen molar-refractivity contribution < 1.29 is 9.84 Å². The topological polar surface area (TPSA) is 29.5 Å². The van der Waals surface area contributed by atoms with E-state index in [-0.39, 0.29) is 6.61 Å². The highest BCUT2D eigenvalue weighted by Gasteiger charge is 2.06. The molecule has 0 saturated carbocycles. The molecule has 2 aromatic carbocycles. The minimum Gasteiger partial charge on any atom is -0.456 e. The van der Waals surface area contributed by atoms with Crippen molar-refractivity contribution in [1.29, 1.82) is 0 Å². The van der Waals surface area contributed by atoms with Crippen molar-refractivity contribution in [3.05, 3.63) is 56.1 Å². The van der Waals surface area contributed by atoms with E-state index in [1.165, 1.54) is 0 Å². The second-order valence-corrected chi connectivity index (χ2v) is 5.52. The van der Waals surface area contributed by atoms with Gasteiger partial charge < -0.3 is 9.84 Å². The Morgan fingerprint density at radius 1 is 1.12 bits per heavy atom. The van der Waals surface area contributed by atoms with E-state index in [4.69, 9.17) is 4.74 Å². The van der Waals surface area contributed by atoms with Crippen LogP contribution in [0.25, 0.3) is 0 Å². The molecule has 0 heterocycles. The highest BCUT2D eigenvalue weighted by atomic mass is 127. The second-order valence-electron chi connectivity index (χ2n) is 3.44. The number of hydrogen-bond donors (Lipinski definition) is 1. The lowest BCUT2D eigenvalue weighted by Crippen LogP contribution is -1.93. The summed E-state index contributed by atoms with van der Waals surface area (Å²) in [6.45, 7) is -0.0435. The third kappa shape index (κ3) is 3.20. The maximum absolute atomic E-state index is 9.29. The molecular formula is C13H10BrIO2. The molecule has 0 aliphatic carbocycles. The predicted octanol–water partition coefficient (Wildman–Crippen LogP) is 4.34. The summed E-state index contributed by atoms with van der Waals surface area (Å²) in [5.41, 5.74) is 0.763. The van der Waals surface area contributed by atoms with Gasteiger partial charge in [0, 0.05) is 10.0 Å². The Hall–Kier alpha value is -0.590. The Labute approximate surface area is 122 Å². The first-order valence-corrected chi connectivity index (χ1v) is 6.89. The molecule has 0 radical (unpaired) electrons. The number of hydrogen-bond acceptors (Lipinski definition) is 2. The predicted molar refractivity (Wildman–Crippen MR) is 79.3 cm³/mol. The van der Waals surface area contributed by atoms with Crippen LogP contribution >= 0.6 is 38.5 Å². The molecule has 2 aromatic rings. The molecule has 0 fully saturated rings. The van der Waals surface area contributed by atoms with Crippen LogP contribution in [0.15, 0.2) is 46.9 Å². The van der Waals surface area contributed by atoms with E-state index in [1.54, 1.807) is 0 Å². The van der Waals surface area contributed by atoms with E-state index in [0.717, 1.165) is 19.4 Å². The van der Waals surface area contributed by atoms with Gasteiger partial charge in [-0.1, -0.05) is 28.1 Å². The van der Waals surface area contributed by atoms with Crippen molar-refractivity contribution in [2.45, 2.75) is 6.61 Å². The van der Waals surface area contributed by atoms with Crippen LogP contribution in [-0.2, 0) is 6.61 Å². The van der Waals surface area contributed by atoms with Crippen LogP contribution in [-0.4, -0.2) is 5.11 Å². The molecule has 0 saturated heterocycles. The van der Waals surface area contributed by atoms with E-state index in [2.05, 4.69) is 38.5 Å². The number of rotatable bonds is 3. The molecule has 0 aliphatic heterocycles. The summed E-state index contributed by atoms with van der Waals surface area (Å²) in [6.07, 6.45) is 0. The number of halogens is 2. The molecule has 0 atom stereocenters.